The van der Waals surface area contributed by atoms with Gasteiger partial charge in [-0.2, -0.15) is 0 Å². The Morgan fingerprint density at radius 2 is 1.89 bits per heavy atom. The molecule has 0 unspecified atom stereocenters. The quantitative estimate of drug-likeness (QED) is 0.557. The van der Waals surface area contributed by atoms with Crippen LogP contribution < -0.4 is 5.32 Å². The molecule has 1 nitrogen and oxygen atoms in total. The fourth-order valence-corrected chi connectivity index (χ4v) is 2.58. The van der Waals surface area contributed by atoms with Gasteiger partial charge in [0.05, 0.1) is 5.02 Å². The Morgan fingerprint density at radius 1 is 1.16 bits per heavy atom. The van der Waals surface area contributed by atoms with E-state index in [-0.39, 0.29) is 0 Å². The van der Waals surface area contributed by atoms with Crippen molar-refractivity contribution < 1.29 is 0 Å². The summed E-state index contributed by atoms with van der Waals surface area (Å²) in [5.74, 6) is 0.849. The molecule has 1 rings (SSSR count). The molecular weight excluding hydrogens is 322 g/mol. The van der Waals surface area contributed by atoms with Crippen LogP contribution in [0.5, 0.6) is 0 Å². The fourth-order valence-electron chi connectivity index (χ4n) is 2.04. The Bertz CT molecular complexity index is 366. The van der Waals surface area contributed by atoms with Crippen LogP contribution in [0.25, 0.3) is 0 Å². The van der Waals surface area contributed by atoms with E-state index in [2.05, 4.69) is 47.2 Å². The highest BCUT2D eigenvalue weighted by Gasteiger charge is 1.99. The van der Waals surface area contributed by atoms with Gasteiger partial charge >= 0.3 is 0 Å². The van der Waals surface area contributed by atoms with Crippen molar-refractivity contribution in [2.45, 2.75) is 52.5 Å². The van der Waals surface area contributed by atoms with E-state index in [0.717, 1.165) is 28.5 Å². The first-order chi connectivity index (χ1) is 9.09. The Labute approximate surface area is 131 Å². The SMILES string of the molecule is CC(C)CCCCCCNCc1ccc(Cl)c(Br)c1. The van der Waals surface area contributed by atoms with Crippen molar-refractivity contribution >= 4 is 27.5 Å². The molecule has 0 aliphatic carbocycles. The average Bonchev–Trinajstić information content (AvgIpc) is 2.36. The van der Waals surface area contributed by atoms with Crippen molar-refractivity contribution in [2.24, 2.45) is 5.92 Å². The van der Waals surface area contributed by atoms with E-state index < -0.39 is 0 Å². The van der Waals surface area contributed by atoms with E-state index in [0.29, 0.717) is 0 Å². The predicted molar refractivity (Wildman–Crippen MR) is 88.8 cm³/mol. The highest BCUT2D eigenvalue weighted by molar-refractivity contribution is 9.10. The van der Waals surface area contributed by atoms with Crippen molar-refractivity contribution in [3.05, 3.63) is 33.3 Å². The minimum atomic E-state index is 0.772. The molecule has 0 radical (unpaired) electrons. The zero-order valence-corrected chi connectivity index (χ0v) is 14.4. The number of hydrogen-bond donors (Lipinski definition) is 1. The average molecular weight is 347 g/mol. The van der Waals surface area contributed by atoms with E-state index >= 15 is 0 Å². The molecular formula is C16H25BrClN. The summed E-state index contributed by atoms with van der Waals surface area (Å²) < 4.78 is 0.974. The van der Waals surface area contributed by atoms with E-state index in [1.165, 1.54) is 37.7 Å². The van der Waals surface area contributed by atoms with Crippen molar-refractivity contribution in [3.63, 3.8) is 0 Å². The van der Waals surface area contributed by atoms with Crippen molar-refractivity contribution in [1.82, 2.24) is 5.32 Å². The maximum atomic E-state index is 5.97. The van der Waals surface area contributed by atoms with Crippen LogP contribution in [0.4, 0.5) is 0 Å². The lowest BCUT2D eigenvalue weighted by Crippen LogP contribution is -2.14. The molecule has 1 aromatic carbocycles. The van der Waals surface area contributed by atoms with Crippen LogP contribution in [0.2, 0.25) is 5.02 Å². The zero-order valence-electron chi connectivity index (χ0n) is 12.0. The van der Waals surface area contributed by atoms with Gasteiger partial charge in [0.1, 0.15) is 0 Å². The maximum absolute atomic E-state index is 5.97. The Morgan fingerprint density at radius 3 is 2.58 bits per heavy atom. The lowest BCUT2D eigenvalue weighted by Gasteiger charge is -2.07. The zero-order chi connectivity index (χ0) is 14.1. The van der Waals surface area contributed by atoms with E-state index in [4.69, 9.17) is 11.6 Å². The molecule has 1 N–H and O–H groups in total. The summed E-state index contributed by atoms with van der Waals surface area (Å²) in [6.45, 7) is 6.61. The summed E-state index contributed by atoms with van der Waals surface area (Å²) >= 11 is 9.42. The number of nitrogens with one attached hydrogen (secondary N) is 1. The second kappa shape index (κ2) is 9.79. The van der Waals surface area contributed by atoms with Crippen LogP contribution >= 0.6 is 27.5 Å². The monoisotopic (exact) mass is 345 g/mol. The topological polar surface area (TPSA) is 12.0 Å². The summed E-state index contributed by atoms with van der Waals surface area (Å²) in [5.41, 5.74) is 1.27. The lowest BCUT2D eigenvalue weighted by molar-refractivity contribution is 0.512. The van der Waals surface area contributed by atoms with Crippen molar-refractivity contribution in [1.29, 1.82) is 0 Å². The van der Waals surface area contributed by atoms with Gasteiger partial charge in [-0.05, 0) is 52.5 Å². The van der Waals surface area contributed by atoms with Gasteiger partial charge in [-0.3, -0.25) is 0 Å². The van der Waals surface area contributed by atoms with Crippen LogP contribution in [-0.2, 0) is 6.54 Å². The number of benzene rings is 1. The number of halogens is 2. The standard InChI is InChI=1S/C16H25BrClN/c1-13(2)7-5-3-4-6-10-19-12-14-8-9-16(18)15(17)11-14/h8-9,11,13,19H,3-7,10,12H2,1-2H3. The molecule has 0 aromatic heterocycles. The Hall–Kier alpha value is -0.0500. The molecule has 0 saturated carbocycles. The summed E-state index contributed by atoms with van der Waals surface area (Å²) in [7, 11) is 0. The summed E-state index contributed by atoms with van der Waals surface area (Å²) in [4.78, 5) is 0. The molecule has 0 heterocycles. The molecule has 0 aliphatic heterocycles. The lowest BCUT2D eigenvalue weighted by atomic mass is 10.0. The van der Waals surface area contributed by atoms with Gasteiger partial charge in [-0.15, -0.1) is 0 Å². The van der Waals surface area contributed by atoms with Gasteiger partial charge in [0.15, 0.2) is 0 Å². The normalized spacial score (nSPS) is 11.2. The second-order valence-corrected chi connectivity index (χ2v) is 6.78. The molecule has 0 atom stereocenters. The molecule has 108 valence electrons. The first-order valence-electron chi connectivity index (χ1n) is 7.24. The molecule has 3 heteroatoms. The highest BCUT2D eigenvalue weighted by Crippen LogP contribution is 2.23. The molecule has 0 aliphatic rings. The van der Waals surface area contributed by atoms with Crippen LogP contribution in [0.3, 0.4) is 0 Å². The minimum absolute atomic E-state index is 0.772. The molecule has 1 aromatic rings. The molecule has 0 spiro atoms. The molecule has 0 bridgehead atoms. The van der Waals surface area contributed by atoms with Gasteiger partial charge in [-0.25, -0.2) is 0 Å². The molecule has 0 fully saturated rings. The fraction of sp³-hybridized carbons (Fsp3) is 0.625. The second-order valence-electron chi connectivity index (χ2n) is 5.52. The number of rotatable bonds is 9. The predicted octanol–water partition coefficient (Wildman–Crippen LogP) is 5.80. The third-order valence-corrected chi connectivity index (χ3v) is 4.41. The van der Waals surface area contributed by atoms with Crippen molar-refractivity contribution in [2.75, 3.05) is 6.54 Å². The van der Waals surface area contributed by atoms with Crippen LogP contribution in [0, 0.1) is 5.92 Å². The van der Waals surface area contributed by atoms with E-state index in [1.54, 1.807) is 0 Å². The highest BCUT2D eigenvalue weighted by atomic mass is 79.9. The van der Waals surface area contributed by atoms with Gasteiger partial charge in [0, 0.05) is 11.0 Å². The Kier molecular flexibility index (Phi) is 8.76. The minimum Gasteiger partial charge on any atom is -0.313 e. The number of hydrogen-bond acceptors (Lipinski definition) is 1. The third-order valence-electron chi connectivity index (χ3n) is 3.20. The summed E-state index contributed by atoms with van der Waals surface area (Å²) in [6, 6.07) is 6.09. The third kappa shape index (κ3) is 7.96. The molecule has 0 amide bonds. The van der Waals surface area contributed by atoms with Crippen LogP contribution in [0.15, 0.2) is 22.7 Å². The van der Waals surface area contributed by atoms with Gasteiger partial charge in [0.2, 0.25) is 0 Å². The van der Waals surface area contributed by atoms with Crippen LogP contribution in [0.1, 0.15) is 51.5 Å². The van der Waals surface area contributed by atoms with Crippen LogP contribution in [-0.4, -0.2) is 6.54 Å². The maximum Gasteiger partial charge on any atom is 0.0548 e. The summed E-state index contributed by atoms with van der Waals surface area (Å²) in [6.07, 6.45) is 6.72. The van der Waals surface area contributed by atoms with Gasteiger partial charge < -0.3 is 5.32 Å². The number of unbranched alkanes of at least 4 members (excludes halogenated alkanes) is 3. The largest absolute Gasteiger partial charge is 0.313 e. The molecule has 0 saturated heterocycles. The van der Waals surface area contributed by atoms with Crippen molar-refractivity contribution in [3.8, 4) is 0 Å². The van der Waals surface area contributed by atoms with E-state index in [9.17, 15) is 0 Å². The van der Waals surface area contributed by atoms with Gasteiger partial charge in [-0.1, -0.05) is 57.2 Å². The first-order valence-corrected chi connectivity index (χ1v) is 8.41. The smallest absolute Gasteiger partial charge is 0.0548 e. The van der Waals surface area contributed by atoms with E-state index in [1.807, 2.05) is 6.07 Å². The first kappa shape index (κ1) is 17.0. The van der Waals surface area contributed by atoms with Gasteiger partial charge in [0.25, 0.3) is 0 Å². The Balaban J connectivity index is 2.03. The summed E-state index contributed by atoms with van der Waals surface area (Å²) in [5, 5.41) is 4.26. The molecule has 19 heavy (non-hydrogen) atoms.